The lowest BCUT2D eigenvalue weighted by Crippen LogP contribution is -1.86. The molecule has 0 spiro atoms. The molecule has 2 N–H and O–H groups in total. The number of hydrogen-bond donors (Lipinski definition) is 1. The summed E-state index contributed by atoms with van der Waals surface area (Å²) >= 11 is 3.42. The number of aromatic nitrogens is 2. The number of pyridine rings is 1. The molecule has 4 rings (SSSR count). The summed E-state index contributed by atoms with van der Waals surface area (Å²) in [6.07, 6.45) is 3.47. The molecule has 0 saturated carbocycles. The Morgan fingerprint density at radius 2 is 1.95 bits per heavy atom. The van der Waals surface area contributed by atoms with Gasteiger partial charge in [0, 0.05) is 21.8 Å². The summed E-state index contributed by atoms with van der Waals surface area (Å²) in [7, 11) is 0. The van der Waals surface area contributed by atoms with Crippen LogP contribution in [0.5, 0.6) is 0 Å². The third kappa shape index (κ3) is 1.73. The molecule has 0 amide bonds. The van der Waals surface area contributed by atoms with Crippen molar-refractivity contribution < 1.29 is 4.52 Å². The van der Waals surface area contributed by atoms with E-state index in [4.69, 9.17) is 10.3 Å². The van der Waals surface area contributed by atoms with Crippen molar-refractivity contribution in [2.45, 2.75) is 0 Å². The van der Waals surface area contributed by atoms with E-state index in [0.717, 1.165) is 21.7 Å². The standard InChI is InChI=1S/C14H9N3OS2/c15-14-12(8-1-4-16-5-2-8)13(17-18-14)11-7-10-9(20-11)3-6-19-10/h1-7H,15H2. The Bertz CT molecular complexity index is 848. The highest BCUT2D eigenvalue weighted by atomic mass is 32.1. The van der Waals surface area contributed by atoms with Crippen molar-refractivity contribution in [3.05, 3.63) is 42.0 Å². The highest BCUT2D eigenvalue weighted by Gasteiger charge is 2.19. The van der Waals surface area contributed by atoms with Crippen LogP contribution in [0.3, 0.4) is 0 Å². The monoisotopic (exact) mass is 299 g/mol. The number of anilines is 1. The molecule has 0 aliphatic carbocycles. The van der Waals surface area contributed by atoms with Crippen molar-refractivity contribution in [1.29, 1.82) is 0 Å². The summed E-state index contributed by atoms with van der Waals surface area (Å²) < 4.78 is 7.71. The SMILES string of the molecule is Nc1onc(-c2cc3sccc3s2)c1-c1ccncc1. The third-order valence-electron chi connectivity index (χ3n) is 3.06. The van der Waals surface area contributed by atoms with E-state index in [-0.39, 0.29) is 0 Å². The van der Waals surface area contributed by atoms with E-state index in [2.05, 4.69) is 27.7 Å². The second-order valence-corrected chi connectivity index (χ2v) is 6.30. The van der Waals surface area contributed by atoms with Gasteiger partial charge in [-0.05, 0) is 35.2 Å². The quantitative estimate of drug-likeness (QED) is 0.600. The van der Waals surface area contributed by atoms with Crippen LogP contribution in [0, 0.1) is 0 Å². The van der Waals surface area contributed by atoms with Crippen LogP contribution >= 0.6 is 22.7 Å². The molecule has 0 saturated heterocycles. The minimum Gasteiger partial charge on any atom is -0.367 e. The first-order valence-electron chi connectivity index (χ1n) is 5.96. The Balaban J connectivity index is 1.93. The van der Waals surface area contributed by atoms with Crippen LogP contribution in [-0.4, -0.2) is 10.1 Å². The number of thiophene rings is 2. The Hall–Kier alpha value is -2.18. The van der Waals surface area contributed by atoms with Gasteiger partial charge in [-0.2, -0.15) is 0 Å². The maximum Gasteiger partial charge on any atom is 0.230 e. The van der Waals surface area contributed by atoms with Gasteiger partial charge in [-0.1, -0.05) is 5.16 Å². The zero-order valence-corrected chi connectivity index (χ0v) is 11.9. The number of nitrogen functional groups attached to an aromatic ring is 1. The highest BCUT2D eigenvalue weighted by molar-refractivity contribution is 7.28. The average Bonchev–Trinajstić information content (AvgIpc) is 3.12. The van der Waals surface area contributed by atoms with Crippen LogP contribution in [-0.2, 0) is 0 Å². The van der Waals surface area contributed by atoms with Crippen LogP contribution < -0.4 is 5.73 Å². The number of hydrogen-bond acceptors (Lipinski definition) is 6. The first-order chi connectivity index (χ1) is 9.83. The fraction of sp³-hybridized carbons (Fsp3) is 0. The molecule has 4 heterocycles. The van der Waals surface area contributed by atoms with E-state index < -0.39 is 0 Å². The van der Waals surface area contributed by atoms with Gasteiger partial charge in [-0.3, -0.25) is 4.98 Å². The fourth-order valence-corrected chi connectivity index (χ4v) is 4.25. The molecule has 0 atom stereocenters. The van der Waals surface area contributed by atoms with Gasteiger partial charge < -0.3 is 10.3 Å². The molecule has 0 bridgehead atoms. The first kappa shape index (κ1) is 11.6. The third-order valence-corrected chi connectivity index (χ3v) is 5.16. The second-order valence-electron chi connectivity index (χ2n) is 4.27. The molecule has 6 heteroatoms. The molecular formula is C14H9N3OS2. The smallest absolute Gasteiger partial charge is 0.230 e. The molecular weight excluding hydrogens is 290 g/mol. The van der Waals surface area contributed by atoms with Gasteiger partial charge in [0.05, 0.1) is 10.4 Å². The molecule has 4 nitrogen and oxygen atoms in total. The van der Waals surface area contributed by atoms with Crippen molar-refractivity contribution >= 4 is 38.0 Å². The van der Waals surface area contributed by atoms with E-state index in [0.29, 0.717) is 5.88 Å². The van der Waals surface area contributed by atoms with Crippen LogP contribution in [0.1, 0.15) is 0 Å². The first-order valence-corrected chi connectivity index (χ1v) is 7.65. The Morgan fingerprint density at radius 1 is 1.10 bits per heavy atom. The van der Waals surface area contributed by atoms with Crippen LogP contribution in [0.2, 0.25) is 0 Å². The van der Waals surface area contributed by atoms with Crippen molar-refractivity contribution in [1.82, 2.24) is 10.1 Å². The molecule has 20 heavy (non-hydrogen) atoms. The van der Waals surface area contributed by atoms with Crippen molar-refractivity contribution in [2.24, 2.45) is 0 Å². The summed E-state index contributed by atoms with van der Waals surface area (Å²) in [5.41, 5.74) is 8.53. The largest absolute Gasteiger partial charge is 0.367 e. The lowest BCUT2D eigenvalue weighted by Gasteiger charge is -1.99. The number of nitrogens with two attached hydrogens (primary N) is 1. The summed E-state index contributed by atoms with van der Waals surface area (Å²) in [5.74, 6) is 0.336. The lowest BCUT2D eigenvalue weighted by molar-refractivity contribution is 0.439. The van der Waals surface area contributed by atoms with E-state index in [1.165, 1.54) is 9.40 Å². The minimum absolute atomic E-state index is 0.336. The topological polar surface area (TPSA) is 64.9 Å². The zero-order chi connectivity index (χ0) is 13.5. The van der Waals surface area contributed by atoms with Gasteiger partial charge >= 0.3 is 0 Å². The molecule has 0 radical (unpaired) electrons. The lowest BCUT2D eigenvalue weighted by atomic mass is 10.1. The minimum atomic E-state index is 0.336. The zero-order valence-electron chi connectivity index (χ0n) is 10.2. The Kier molecular flexibility index (Phi) is 2.58. The van der Waals surface area contributed by atoms with E-state index in [9.17, 15) is 0 Å². The molecule has 98 valence electrons. The molecule has 4 aromatic rings. The molecule has 0 aromatic carbocycles. The molecule has 0 aliphatic rings. The summed E-state index contributed by atoms with van der Waals surface area (Å²) in [6.45, 7) is 0. The van der Waals surface area contributed by atoms with Gasteiger partial charge in [-0.15, -0.1) is 22.7 Å². The summed E-state index contributed by atoms with van der Waals surface area (Å²) in [4.78, 5) is 5.09. The van der Waals surface area contributed by atoms with Crippen molar-refractivity contribution in [2.75, 3.05) is 5.73 Å². The van der Waals surface area contributed by atoms with Gasteiger partial charge in [0.1, 0.15) is 5.69 Å². The molecule has 0 unspecified atom stereocenters. The second kappa shape index (κ2) is 4.43. The van der Waals surface area contributed by atoms with Crippen molar-refractivity contribution in [3.63, 3.8) is 0 Å². The number of nitrogens with zero attached hydrogens (tertiary/aromatic N) is 2. The predicted molar refractivity (Wildman–Crippen MR) is 82.8 cm³/mol. The van der Waals surface area contributed by atoms with E-state index >= 15 is 0 Å². The average molecular weight is 299 g/mol. The van der Waals surface area contributed by atoms with Crippen LogP contribution in [0.25, 0.3) is 31.1 Å². The Labute approximate surface area is 122 Å². The van der Waals surface area contributed by atoms with Crippen LogP contribution in [0.15, 0.2) is 46.6 Å². The van der Waals surface area contributed by atoms with E-state index in [1.807, 2.05) is 12.1 Å². The van der Waals surface area contributed by atoms with Gasteiger partial charge in [0.15, 0.2) is 0 Å². The molecule has 4 aromatic heterocycles. The highest BCUT2D eigenvalue weighted by Crippen LogP contribution is 2.42. The summed E-state index contributed by atoms with van der Waals surface area (Å²) in [5, 5.41) is 6.22. The number of rotatable bonds is 2. The van der Waals surface area contributed by atoms with Crippen LogP contribution in [0.4, 0.5) is 5.88 Å². The van der Waals surface area contributed by atoms with E-state index in [1.54, 1.807) is 35.1 Å². The fourth-order valence-electron chi connectivity index (χ4n) is 2.15. The predicted octanol–water partition coefficient (Wildman–Crippen LogP) is 4.26. The van der Waals surface area contributed by atoms with Gasteiger partial charge in [-0.25, -0.2) is 0 Å². The summed E-state index contributed by atoms with van der Waals surface area (Å²) in [6, 6.07) is 8.06. The maximum atomic E-state index is 5.94. The van der Waals surface area contributed by atoms with Gasteiger partial charge in [0.25, 0.3) is 0 Å². The normalized spacial score (nSPS) is 11.2. The van der Waals surface area contributed by atoms with Gasteiger partial charge in [0.2, 0.25) is 5.88 Å². The maximum absolute atomic E-state index is 5.94. The Morgan fingerprint density at radius 3 is 2.75 bits per heavy atom. The van der Waals surface area contributed by atoms with Crippen molar-refractivity contribution in [3.8, 4) is 21.7 Å². The molecule has 0 fully saturated rings. The number of fused-ring (bicyclic) bond motifs is 1. The molecule has 0 aliphatic heterocycles.